The molecular formula is C18H24N2O2. The topological polar surface area (TPSA) is 66.0 Å². The molecule has 2 unspecified atom stereocenters. The second-order valence-electron chi connectivity index (χ2n) is 6.20. The number of hydrogen-bond acceptors (Lipinski definition) is 2. The minimum Gasteiger partial charge on any atom is -0.480 e. The standard InChI is InChI=1S/C18H24N2O2/c1-4-14(10-13(2)3)18(17(21)22,16-11-19-20-12-16)15-8-6-5-7-9-15/h5-9,11-14H,4,10H2,1-3H3,(H,19,20)(H,21,22). The van der Waals surface area contributed by atoms with Gasteiger partial charge in [-0.25, -0.2) is 0 Å². The Hall–Kier alpha value is -2.10. The molecule has 2 aromatic rings. The molecule has 0 spiro atoms. The normalized spacial score (nSPS) is 15.5. The van der Waals surface area contributed by atoms with Crippen molar-refractivity contribution in [1.29, 1.82) is 0 Å². The van der Waals surface area contributed by atoms with E-state index in [4.69, 9.17) is 0 Å². The van der Waals surface area contributed by atoms with Crippen molar-refractivity contribution in [1.82, 2.24) is 10.2 Å². The third-order valence-electron chi connectivity index (χ3n) is 4.38. The van der Waals surface area contributed by atoms with Crippen LogP contribution >= 0.6 is 0 Å². The van der Waals surface area contributed by atoms with Crippen molar-refractivity contribution in [2.45, 2.75) is 39.0 Å². The van der Waals surface area contributed by atoms with Crippen molar-refractivity contribution in [2.75, 3.05) is 0 Å². The summed E-state index contributed by atoms with van der Waals surface area (Å²) in [5.41, 5.74) is 0.475. The van der Waals surface area contributed by atoms with Crippen LogP contribution in [-0.4, -0.2) is 21.3 Å². The molecule has 4 nitrogen and oxygen atoms in total. The lowest BCUT2D eigenvalue weighted by molar-refractivity contribution is -0.144. The molecule has 4 heteroatoms. The first-order chi connectivity index (χ1) is 10.5. The molecule has 0 bridgehead atoms. The largest absolute Gasteiger partial charge is 0.480 e. The van der Waals surface area contributed by atoms with Gasteiger partial charge in [-0.1, -0.05) is 57.5 Å². The number of benzene rings is 1. The summed E-state index contributed by atoms with van der Waals surface area (Å²) in [6.45, 7) is 6.33. The highest BCUT2D eigenvalue weighted by Crippen LogP contribution is 2.43. The Morgan fingerprint density at radius 2 is 1.95 bits per heavy atom. The third-order valence-corrected chi connectivity index (χ3v) is 4.38. The molecular weight excluding hydrogens is 276 g/mol. The summed E-state index contributed by atoms with van der Waals surface area (Å²) >= 11 is 0. The van der Waals surface area contributed by atoms with Crippen LogP contribution in [0.2, 0.25) is 0 Å². The highest BCUT2D eigenvalue weighted by molar-refractivity contribution is 5.86. The molecule has 118 valence electrons. The molecule has 2 atom stereocenters. The predicted octanol–water partition coefficient (Wildman–Crippen LogP) is 3.85. The number of nitrogens with zero attached hydrogens (tertiary/aromatic N) is 1. The van der Waals surface area contributed by atoms with Crippen LogP contribution in [0.3, 0.4) is 0 Å². The SMILES string of the molecule is CCC(CC(C)C)C(C(=O)O)(c1ccccc1)c1cn[nH]c1. The van der Waals surface area contributed by atoms with Gasteiger partial charge in [0.05, 0.1) is 6.20 Å². The fourth-order valence-electron chi connectivity index (χ4n) is 3.45. The molecule has 0 aliphatic rings. The molecule has 0 saturated carbocycles. The molecule has 1 aromatic heterocycles. The van der Waals surface area contributed by atoms with Crippen LogP contribution in [0.4, 0.5) is 0 Å². The third kappa shape index (κ3) is 2.78. The fraction of sp³-hybridized carbons (Fsp3) is 0.444. The number of nitrogens with one attached hydrogen (secondary N) is 1. The van der Waals surface area contributed by atoms with E-state index in [0.717, 1.165) is 24.0 Å². The van der Waals surface area contributed by atoms with Crippen molar-refractivity contribution >= 4 is 5.97 Å². The van der Waals surface area contributed by atoms with E-state index >= 15 is 0 Å². The first-order valence-electron chi connectivity index (χ1n) is 7.81. The van der Waals surface area contributed by atoms with Crippen LogP contribution < -0.4 is 0 Å². The summed E-state index contributed by atoms with van der Waals surface area (Å²) in [6, 6.07) is 9.52. The van der Waals surface area contributed by atoms with Crippen LogP contribution in [0, 0.1) is 11.8 Å². The van der Waals surface area contributed by atoms with Crippen molar-refractivity contribution in [3.8, 4) is 0 Å². The smallest absolute Gasteiger partial charge is 0.319 e. The zero-order valence-corrected chi connectivity index (χ0v) is 13.4. The van der Waals surface area contributed by atoms with E-state index < -0.39 is 11.4 Å². The summed E-state index contributed by atoms with van der Waals surface area (Å²) in [7, 11) is 0. The van der Waals surface area contributed by atoms with Gasteiger partial charge in [-0.2, -0.15) is 5.10 Å². The molecule has 2 N–H and O–H groups in total. The average molecular weight is 300 g/mol. The number of H-pyrrole nitrogens is 1. The monoisotopic (exact) mass is 300 g/mol. The maximum atomic E-state index is 12.5. The van der Waals surface area contributed by atoms with E-state index in [1.807, 2.05) is 30.3 Å². The number of carboxylic acids is 1. The molecule has 2 rings (SSSR count). The highest BCUT2D eigenvalue weighted by atomic mass is 16.4. The predicted molar refractivity (Wildman–Crippen MR) is 86.7 cm³/mol. The van der Waals surface area contributed by atoms with E-state index in [2.05, 4.69) is 31.0 Å². The van der Waals surface area contributed by atoms with Gasteiger partial charge in [0.1, 0.15) is 5.41 Å². The van der Waals surface area contributed by atoms with Gasteiger partial charge in [0.2, 0.25) is 0 Å². The van der Waals surface area contributed by atoms with E-state index in [1.165, 1.54) is 0 Å². The van der Waals surface area contributed by atoms with Gasteiger partial charge in [0.25, 0.3) is 0 Å². The van der Waals surface area contributed by atoms with Crippen molar-refractivity contribution in [3.05, 3.63) is 53.9 Å². The fourth-order valence-corrected chi connectivity index (χ4v) is 3.45. The maximum Gasteiger partial charge on any atom is 0.319 e. The van der Waals surface area contributed by atoms with Gasteiger partial charge < -0.3 is 5.11 Å². The van der Waals surface area contributed by atoms with Crippen molar-refractivity contribution in [2.24, 2.45) is 11.8 Å². The van der Waals surface area contributed by atoms with Crippen LogP contribution in [0.1, 0.15) is 44.7 Å². The molecule has 0 radical (unpaired) electrons. The second kappa shape index (κ2) is 6.77. The molecule has 0 aliphatic heterocycles. The summed E-state index contributed by atoms with van der Waals surface area (Å²) < 4.78 is 0. The Labute approximate surface area is 131 Å². The van der Waals surface area contributed by atoms with Gasteiger partial charge in [-0.3, -0.25) is 9.89 Å². The highest BCUT2D eigenvalue weighted by Gasteiger charge is 2.48. The Kier molecular flexibility index (Phi) is 5.01. The Bertz CT molecular complexity index is 593. The first-order valence-corrected chi connectivity index (χ1v) is 7.81. The number of carbonyl (C=O) groups is 1. The molecule has 0 amide bonds. The Balaban J connectivity index is 2.68. The molecule has 0 fully saturated rings. The minimum absolute atomic E-state index is 0.00463. The number of aromatic amines is 1. The van der Waals surface area contributed by atoms with Crippen molar-refractivity contribution in [3.63, 3.8) is 0 Å². The van der Waals surface area contributed by atoms with E-state index in [0.29, 0.717) is 5.92 Å². The zero-order valence-electron chi connectivity index (χ0n) is 13.4. The Morgan fingerprint density at radius 3 is 2.41 bits per heavy atom. The van der Waals surface area contributed by atoms with E-state index in [9.17, 15) is 9.90 Å². The van der Waals surface area contributed by atoms with E-state index in [1.54, 1.807) is 12.4 Å². The molecule has 1 heterocycles. The average Bonchev–Trinajstić information content (AvgIpc) is 3.01. The Morgan fingerprint density at radius 1 is 1.27 bits per heavy atom. The summed E-state index contributed by atoms with van der Waals surface area (Å²) in [5, 5.41) is 17.0. The van der Waals surface area contributed by atoms with Gasteiger partial charge in [0, 0.05) is 11.8 Å². The summed E-state index contributed by atoms with van der Waals surface area (Å²) in [5.74, 6) is -0.378. The number of rotatable bonds is 7. The van der Waals surface area contributed by atoms with Crippen LogP contribution in [-0.2, 0) is 10.2 Å². The number of carboxylic acid groups (broad SMARTS) is 1. The van der Waals surface area contributed by atoms with Crippen molar-refractivity contribution < 1.29 is 9.90 Å². The molecule has 22 heavy (non-hydrogen) atoms. The maximum absolute atomic E-state index is 12.5. The van der Waals surface area contributed by atoms with Gasteiger partial charge in [0.15, 0.2) is 0 Å². The lowest BCUT2D eigenvalue weighted by Crippen LogP contribution is -2.44. The minimum atomic E-state index is -1.06. The number of hydrogen-bond donors (Lipinski definition) is 2. The molecule has 1 aromatic carbocycles. The van der Waals surface area contributed by atoms with E-state index in [-0.39, 0.29) is 5.92 Å². The van der Waals surface area contributed by atoms with Gasteiger partial charge in [-0.15, -0.1) is 0 Å². The molecule has 0 saturated heterocycles. The van der Waals surface area contributed by atoms with Crippen LogP contribution in [0.5, 0.6) is 0 Å². The molecule has 0 aliphatic carbocycles. The number of aliphatic carboxylic acids is 1. The van der Waals surface area contributed by atoms with Crippen LogP contribution in [0.25, 0.3) is 0 Å². The van der Waals surface area contributed by atoms with Gasteiger partial charge in [-0.05, 0) is 23.8 Å². The lowest BCUT2D eigenvalue weighted by Gasteiger charge is -2.37. The van der Waals surface area contributed by atoms with Gasteiger partial charge >= 0.3 is 5.97 Å². The first kappa shape index (κ1) is 16.3. The van der Waals surface area contributed by atoms with Crippen LogP contribution in [0.15, 0.2) is 42.7 Å². The summed E-state index contributed by atoms with van der Waals surface area (Å²) in [6.07, 6.45) is 5.00. The summed E-state index contributed by atoms with van der Waals surface area (Å²) in [4.78, 5) is 12.5. The quantitative estimate of drug-likeness (QED) is 0.816. The lowest BCUT2D eigenvalue weighted by atomic mass is 9.63. The number of aromatic nitrogens is 2. The second-order valence-corrected chi connectivity index (χ2v) is 6.20. The zero-order chi connectivity index (χ0) is 16.2.